The summed E-state index contributed by atoms with van der Waals surface area (Å²) in [6.07, 6.45) is 1.22. The van der Waals surface area contributed by atoms with E-state index in [1.165, 1.54) is 17.8 Å². The van der Waals surface area contributed by atoms with Crippen molar-refractivity contribution in [3.8, 4) is 0 Å². The predicted octanol–water partition coefficient (Wildman–Crippen LogP) is 2.18. The van der Waals surface area contributed by atoms with Gasteiger partial charge in [-0.25, -0.2) is 4.79 Å². The van der Waals surface area contributed by atoms with Crippen molar-refractivity contribution in [2.75, 3.05) is 11.9 Å². The first-order valence-corrected chi connectivity index (χ1v) is 5.99. The third-order valence-electron chi connectivity index (χ3n) is 2.11. The Kier molecular flexibility index (Phi) is 3.49. The Morgan fingerprint density at radius 3 is 3.00 bits per heavy atom. The van der Waals surface area contributed by atoms with Crippen LogP contribution in [0.15, 0.2) is 40.1 Å². The minimum Gasteiger partial charge on any atom is -0.463 e. The molecule has 5 heteroatoms. The molecule has 1 aromatic carbocycles. The number of amides is 1. The first-order valence-electron chi connectivity index (χ1n) is 5.17. The van der Waals surface area contributed by atoms with E-state index in [4.69, 9.17) is 4.74 Å². The fourth-order valence-corrected chi connectivity index (χ4v) is 2.31. The van der Waals surface area contributed by atoms with Gasteiger partial charge in [-0.3, -0.25) is 4.79 Å². The minimum atomic E-state index is -0.496. The van der Waals surface area contributed by atoms with Crippen molar-refractivity contribution in [3.63, 3.8) is 0 Å². The maximum Gasteiger partial charge on any atom is 0.332 e. The van der Waals surface area contributed by atoms with E-state index < -0.39 is 5.97 Å². The summed E-state index contributed by atoms with van der Waals surface area (Å²) in [6.45, 7) is 2.02. The second kappa shape index (κ2) is 5.05. The number of ether oxygens (including phenoxy) is 1. The topological polar surface area (TPSA) is 55.4 Å². The van der Waals surface area contributed by atoms with E-state index in [1.807, 2.05) is 24.3 Å². The van der Waals surface area contributed by atoms with Crippen LogP contribution >= 0.6 is 11.8 Å². The monoisotopic (exact) mass is 249 g/mol. The number of fused-ring (bicyclic) bond motifs is 1. The standard InChI is InChI=1S/C12H11NO3S/c1-2-16-11(14)7-10-12(15)13-8-5-3-4-6-9(8)17-10/h3-7H,2H2,1H3,(H,13,15)/b10-7+. The van der Waals surface area contributed by atoms with Gasteiger partial charge in [0.2, 0.25) is 0 Å². The number of rotatable bonds is 2. The number of hydrogen-bond donors (Lipinski definition) is 1. The molecule has 4 nitrogen and oxygen atoms in total. The van der Waals surface area contributed by atoms with Gasteiger partial charge in [-0.1, -0.05) is 23.9 Å². The summed E-state index contributed by atoms with van der Waals surface area (Å²) < 4.78 is 4.77. The number of hydrogen-bond acceptors (Lipinski definition) is 4. The van der Waals surface area contributed by atoms with E-state index in [1.54, 1.807) is 6.92 Å². The second-order valence-electron chi connectivity index (χ2n) is 3.31. The number of benzene rings is 1. The van der Waals surface area contributed by atoms with Crippen LogP contribution in [0.1, 0.15) is 6.92 Å². The lowest BCUT2D eigenvalue weighted by molar-refractivity contribution is -0.137. The average Bonchev–Trinajstić information content (AvgIpc) is 2.30. The van der Waals surface area contributed by atoms with Crippen molar-refractivity contribution in [1.29, 1.82) is 0 Å². The Morgan fingerprint density at radius 1 is 1.47 bits per heavy atom. The van der Waals surface area contributed by atoms with Crippen LogP contribution in [-0.4, -0.2) is 18.5 Å². The molecular weight excluding hydrogens is 238 g/mol. The van der Waals surface area contributed by atoms with Crippen LogP contribution < -0.4 is 5.32 Å². The van der Waals surface area contributed by atoms with Gasteiger partial charge in [0.1, 0.15) is 0 Å². The van der Waals surface area contributed by atoms with Crippen molar-refractivity contribution in [2.24, 2.45) is 0 Å². The Labute approximate surface area is 103 Å². The van der Waals surface area contributed by atoms with Crippen LogP contribution in [0.25, 0.3) is 0 Å². The smallest absolute Gasteiger partial charge is 0.332 e. The highest BCUT2D eigenvalue weighted by Gasteiger charge is 2.21. The van der Waals surface area contributed by atoms with Crippen LogP contribution in [0.2, 0.25) is 0 Å². The largest absolute Gasteiger partial charge is 0.463 e. The van der Waals surface area contributed by atoms with Gasteiger partial charge in [0, 0.05) is 11.0 Å². The molecule has 0 saturated heterocycles. The maximum absolute atomic E-state index is 11.7. The molecule has 0 aliphatic carbocycles. The molecule has 2 rings (SSSR count). The van der Waals surface area contributed by atoms with Crippen LogP contribution in [0, 0.1) is 0 Å². The van der Waals surface area contributed by atoms with E-state index in [9.17, 15) is 9.59 Å². The summed E-state index contributed by atoms with van der Waals surface area (Å²) in [5.74, 6) is -0.772. The van der Waals surface area contributed by atoms with Gasteiger partial charge < -0.3 is 10.1 Å². The lowest BCUT2D eigenvalue weighted by Gasteiger charge is -2.17. The number of thioether (sulfide) groups is 1. The van der Waals surface area contributed by atoms with Crippen LogP contribution in [0.3, 0.4) is 0 Å². The van der Waals surface area contributed by atoms with E-state index in [0.29, 0.717) is 11.5 Å². The van der Waals surface area contributed by atoms with E-state index in [0.717, 1.165) is 10.6 Å². The van der Waals surface area contributed by atoms with Crippen molar-refractivity contribution in [2.45, 2.75) is 11.8 Å². The highest BCUT2D eigenvalue weighted by molar-refractivity contribution is 8.04. The van der Waals surface area contributed by atoms with Gasteiger partial charge in [0.05, 0.1) is 17.2 Å². The first kappa shape index (κ1) is 11.7. The summed E-state index contributed by atoms with van der Waals surface area (Å²) in [6, 6.07) is 7.44. The Bertz CT molecular complexity index is 496. The molecule has 0 fully saturated rings. The molecule has 0 saturated carbocycles. The number of anilines is 1. The summed E-state index contributed by atoms with van der Waals surface area (Å²) in [5.41, 5.74) is 0.767. The fourth-order valence-electron chi connectivity index (χ4n) is 1.39. The van der Waals surface area contributed by atoms with Crippen molar-refractivity contribution in [1.82, 2.24) is 0 Å². The molecule has 1 heterocycles. The summed E-state index contributed by atoms with van der Waals surface area (Å²) >= 11 is 1.27. The SMILES string of the molecule is CCOC(=O)/C=C1/Sc2ccccc2NC1=O. The van der Waals surface area contributed by atoms with Crippen LogP contribution in [0.5, 0.6) is 0 Å². The molecule has 0 aromatic heterocycles. The molecule has 1 amide bonds. The Hall–Kier alpha value is -1.75. The molecular formula is C12H11NO3S. The third kappa shape index (κ3) is 2.68. The molecule has 88 valence electrons. The summed E-state index contributed by atoms with van der Waals surface area (Å²) in [4.78, 5) is 24.2. The molecule has 17 heavy (non-hydrogen) atoms. The third-order valence-corrected chi connectivity index (χ3v) is 3.21. The van der Waals surface area contributed by atoms with Crippen molar-refractivity contribution < 1.29 is 14.3 Å². The van der Waals surface area contributed by atoms with Gasteiger partial charge in [-0.2, -0.15) is 0 Å². The van der Waals surface area contributed by atoms with Gasteiger partial charge in [0.25, 0.3) is 5.91 Å². The lowest BCUT2D eigenvalue weighted by atomic mass is 10.3. The average molecular weight is 249 g/mol. The van der Waals surface area contributed by atoms with E-state index >= 15 is 0 Å². The quantitative estimate of drug-likeness (QED) is 0.644. The number of esters is 1. The zero-order valence-electron chi connectivity index (χ0n) is 9.23. The molecule has 1 aromatic rings. The molecule has 0 radical (unpaired) electrons. The highest BCUT2D eigenvalue weighted by atomic mass is 32.2. The lowest BCUT2D eigenvalue weighted by Crippen LogP contribution is -2.18. The van der Waals surface area contributed by atoms with Crippen LogP contribution in [0.4, 0.5) is 5.69 Å². The number of carbonyl (C=O) groups is 2. The molecule has 1 aliphatic rings. The second-order valence-corrected chi connectivity index (χ2v) is 4.40. The van der Waals surface area contributed by atoms with E-state index in [-0.39, 0.29) is 5.91 Å². The maximum atomic E-state index is 11.7. The van der Waals surface area contributed by atoms with Crippen LogP contribution in [-0.2, 0) is 14.3 Å². The van der Waals surface area contributed by atoms with Gasteiger partial charge in [0.15, 0.2) is 0 Å². The number of nitrogens with one attached hydrogen (secondary N) is 1. The molecule has 0 atom stereocenters. The van der Waals surface area contributed by atoms with Gasteiger partial charge >= 0.3 is 5.97 Å². The van der Waals surface area contributed by atoms with Gasteiger partial charge in [-0.05, 0) is 19.1 Å². The summed E-state index contributed by atoms with van der Waals surface area (Å²) in [5, 5.41) is 2.72. The predicted molar refractivity (Wildman–Crippen MR) is 65.6 cm³/mol. The Morgan fingerprint density at radius 2 is 2.24 bits per heavy atom. The number of para-hydroxylation sites is 1. The highest BCUT2D eigenvalue weighted by Crippen LogP contribution is 2.37. The molecule has 1 N–H and O–H groups in total. The Balaban J connectivity index is 2.23. The number of carbonyl (C=O) groups excluding carboxylic acids is 2. The normalized spacial score (nSPS) is 16.3. The molecule has 0 unspecified atom stereocenters. The fraction of sp³-hybridized carbons (Fsp3) is 0.167. The van der Waals surface area contributed by atoms with E-state index in [2.05, 4.69) is 5.32 Å². The minimum absolute atomic E-state index is 0.276. The van der Waals surface area contributed by atoms with Crippen molar-refractivity contribution >= 4 is 29.3 Å². The zero-order valence-corrected chi connectivity index (χ0v) is 10.0. The summed E-state index contributed by atoms with van der Waals surface area (Å²) in [7, 11) is 0. The van der Waals surface area contributed by atoms with Crippen molar-refractivity contribution in [3.05, 3.63) is 35.2 Å². The first-order chi connectivity index (χ1) is 8.20. The molecule has 0 spiro atoms. The zero-order chi connectivity index (χ0) is 12.3. The van der Waals surface area contributed by atoms with Gasteiger partial charge in [-0.15, -0.1) is 0 Å². The molecule has 1 aliphatic heterocycles. The molecule has 0 bridgehead atoms.